The van der Waals surface area contributed by atoms with Crippen LogP contribution in [0.15, 0.2) is 30.3 Å². The minimum Gasteiger partial charge on any atom is -0.387 e. The van der Waals surface area contributed by atoms with E-state index >= 15 is 0 Å². The third-order valence-corrected chi connectivity index (χ3v) is 2.40. The van der Waals surface area contributed by atoms with Crippen molar-refractivity contribution < 1.29 is 5.11 Å². The average molecular weight is 183 g/mol. The summed E-state index contributed by atoms with van der Waals surface area (Å²) in [6.07, 6.45) is -0.441. The maximum Gasteiger partial charge on any atom is 0.0942 e. The molecule has 2 N–H and O–H groups in total. The molecule has 0 aliphatic rings. The van der Waals surface area contributed by atoms with Crippen molar-refractivity contribution in [3.05, 3.63) is 35.9 Å². The van der Waals surface area contributed by atoms with Crippen LogP contribution in [0.4, 0.5) is 0 Å². The fourth-order valence-corrected chi connectivity index (χ4v) is 1.21. The van der Waals surface area contributed by atoms with E-state index in [0.717, 1.165) is 5.56 Å². The Bertz CT molecular complexity index is 227. The van der Waals surface area contributed by atoms with Crippen molar-refractivity contribution in [3.8, 4) is 0 Å². The normalized spacial score (nSPS) is 15.6. The first-order chi connectivity index (χ1) is 5.75. The number of hydrogen-bond donors (Lipinski definition) is 2. The molecule has 2 nitrogen and oxygen atoms in total. The second-order valence-corrected chi connectivity index (χ2v) is 3.14. The highest BCUT2D eigenvalue weighted by molar-refractivity contribution is 7.13. The fourth-order valence-electron chi connectivity index (χ4n) is 1.03. The van der Waals surface area contributed by atoms with Crippen LogP contribution < -0.4 is 5.09 Å². The molecule has 3 atom stereocenters. The summed E-state index contributed by atoms with van der Waals surface area (Å²) in [7, 11) is 2.40. The molecule has 0 amide bonds. The zero-order chi connectivity index (χ0) is 8.97. The van der Waals surface area contributed by atoms with Crippen LogP contribution in [0.2, 0.25) is 0 Å². The molecule has 0 saturated carbocycles. The molecule has 0 radical (unpaired) electrons. The molecule has 0 fully saturated rings. The number of benzene rings is 1. The van der Waals surface area contributed by atoms with Crippen LogP contribution in [0.3, 0.4) is 0 Å². The van der Waals surface area contributed by atoms with Gasteiger partial charge in [0.15, 0.2) is 0 Å². The van der Waals surface area contributed by atoms with Gasteiger partial charge in [-0.1, -0.05) is 39.7 Å². The van der Waals surface area contributed by atoms with Crippen LogP contribution >= 0.6 is 9.39 Å². The SMILES string of the molecule is CC(NP)C(O)c1ccccc1. The van der Waals surface area contributed by atoms with Crippen LogP contribution in [-0.2, 0) is 0 Å². The lowest BCUT2D eigenvalue weighted by atomic mass is 10.0. The second kappa shape index (κ2) is 4.56. The molecular formula is C9H14NOP. The Labute approximate surface area is 75.3 Å². The van der Waals surface area contributed by atoms with Gasteiger partial charge in [0.2, 0.25) is 0 Å². The van der Waals surface area contributed by atoms with E-state index in [9.17, 15) is 5.11 Å². The van der Waals surface area contributed by atoms with E-state index in [-0.39, 0.29) is 6.04 Å². The highest BCUT2D eigenvalue weighted by Gasteiger charge is 2.13. The Kier molecular flexibility index (Phi) is 3.67. The summed E-state index contributed by atoms with van der Waals surface area (Å²) in [4.78, 5) is 0. The van der Waals surface area contributed by atoms with Crippen molar-refractivity contribution in [2.45, 2.75) is 19.1 Å². The van der Waals surface area contributed by atoms with Gasteiger partial charge in [-0.05, 0) is 12.5 Å². The highest BCUT2D eigenvalue weighted by Crippen LogP contribution is 2.16. The third-order valence-electron chi connectivity index (χ3n) is 1.88. The summed E-state index contributed by atoms with van der Waals surface area (Å²) in [5.74, 6) is 0. The lowest BCUT2D eigenvalue weighted by molar-refractivity contribution is 0.148. The molecule has 3 heteroatoms. The second-order valence-electron chi connectivity index (χ2n) is 2.81. The van der Waals surface area contributed by atoms with E-state index in [1.54, 1.807) is 0 Å². The van der Waals surface area contributed by atoms with E-state index in [1.807, 2.05) is 37.3 Å². The first-order valence-electron chi connectivity index (χ1n) is 3.95. The topological polar surface area (TPSA) is 32.3 Å². The summed E-state index contributed by atoms with van der Waals surface area (Å²) >= 11 is 0. The Morgan fingerprint density at radius 1 is 1.33 bits per heavy atom. The quantitative estimate of drug-likeness (QED) is 0.696. The lowest BCUT2D eigenvalue weighted by Crippen LogP contribution is -2.24. The van der Waals surface area contributed by atoms with E-state index in [1.165, 1.54) is 0 Å². The lowest BCUT2D eigenvalue weighted by Gasteiger charge is -2.17. The van der Waals surface area contributed by atoms with Crippen molar-refractivity contribution in [3.63, 3.8) is 0 Å². The van der Waals surface area contributed by atoms with E-state index in [0.29, 0.717) is 0 Å². The molecule has 0 aromatic heterocycles. The fraction of sp³-hybridized carbons (Fsp3) is 0.333. The zero-order valence-electron chi connectivity index (χ0n) is 7.07. The maximum atomic E-state index is 9.71. The van der Waals surface area contributed by atoms with Crippen molar-refractivity contribution in [2.24, 2.45) is 0 Å². The predicted molar refractivity (Wildman–Crippen MR) is 53.7 cm³/mol. The van der Waals surface area contributed by atoms with Crippen LogP contribution in [0.5, 0.6) is 0 Å². The standard InChI is InChI=1S/C9H14NOP/c1-7(10-12)9(11)8-5-3-2-4-6-8/h2-7,9-11H,12H2,1H3. The summed E-state index contributed by atoms with van der Waals surface area (Å²) in [5, 5.41) is 12.6. The first kappa shape index (κ1) is 9.66. The molecule has 0 aliphatic carbocycles. The van der Waals surface area contributed by atoms with Gasteiger partial charge in [-0.25, -0.2) is 0 Å². The predicted octanol–water partition coefficient (Wildman–Crippen LogP) is 1.49. The minimum absolute atomic E-state index is 0.0531. The third kappa shape index (κ3) is 2.28. The van der Waals surface area contributed by atoms with Crippen molar-refractivity contribution in [2.75, 3.05) is 0 Å². The van der Waals surface area contributed by atoms with Crippen LogP contribution in [0, 0.1) is 0 Å². The van der Waals surface area contributed by atoms with Gasteiger partial charge in [0, 0.05) is 6.04 Å². The van der Waals surface area contributed by atoms with Crippen molar-refractivity contribution >= 4 is 9.39 Å². The Hall–Kier alpha value is -0.430. The molecule has 66 valence electrons. The summed E-state index contributed by atoms with van der Waals surface area (Å²) in [6.45, 7) is 1.94. The van der Waals surface area contributed by atoms with Gasteiger partial charge in [0.25, 0.3) is 0 Å². The van der Waals surface area contributed by atoms with Gasteiger partial charge in [-0.15, -0.1) is 0 Å². The Balaban J connectivity index is 2.71. The largest absolute Gasteiger partial charge is 0.387 e. The molecule has 0 aliphatic heterocycles. The smallest absolute Gasteiger partial charge is 0.0942 e. The highest BCUT2D eigenvalue weighted by atomic mass is 31.0. The molecule has 3 unspecified atom stereocenters. The van der Waals surface area contributed by atoms with Crippen molar-refractivity contribution in [1.82, 2.24) is 5.09 Å². The van der Waals surface area contributed by atoms with Crippen molar-refractivity contribution in [1.29, 1.82) is 0 Å². The van der Waals surface area contributed by atoms with Crippen LogP contribution in [0.1, 0.15) is 18.6 Å². The summed E-state index contributed by atoms with van der Waals surface area (Å²) < 4.78 is 0. The molecule has 0 spiro atoms. The molecule has 1 rings (SSSR count). The van der Waals surface area contributed by atoms with Crippen LogP contribution in [-0.4, -0.2) is 11.1 Å². The van der Waals surface area contributed by atoms with Crippen LogP contribution in [0.25, 0.3) is 0 Å². The number of aliphatic hydroxyl groups excluding tert-OH is 1. The number of aliphatic hydroxyl groups is 1. The van der Waals surface area contributed by atoms with Gasteiger partial charge in [0.05, 0.1) is 6.10 Å². The minimum atomic E-state index is -0.441. The maximum absolute atomic E-state index is 9.71. The molecule has 0 bridgehead atoms. The number of nitrogens with one attached hydrogen (secondary N) is 1. The number of hydrogen-bond acceptors (Lipinski definition) is 2. The first-order valence-corrected chi connectivity index (χ1v) is 4.52. The molecule has 12 heavy (non-hydrogen) atoms. The van der Waals surface area contributed by atoms with Gasteiger partial charge in [0.1, 0.15) is 0 Å². The average Bonchev–Trinajstić information content (AvgIpc) is 2.17. The van der Waals surface area contributed by atoms with E-state index in [2.05, 4.69) is 14.5 Å². The zero-order valence-corrected chi connectivity index (χ0v) is 8.22. The number of rotatable bonds is 3. The van der Waals surface area contributed by atoms with E-state index < -0.39 is 6.10 Å². The summed E-state index contributed by atoms with van der Waals surface area (Å²) in [6, 6.07) is 9.68. The molecule has 1 aromatic carbocycles. The van der Waals surface area contributed by atoms with Gasteiger partial charge >= 0.3 is 0 Å². The molecule has 1 aromatic rings. The molecule has 0 heterocycles. The monoisotopic (exact) mass is 183 g/mol. The molecular weight excluding hydrogens is 169 g/mol. The van der Waals surface area contributed by atoms with E-state index in [4.69, 9.17) is 0 Å². The Morgan fingerprint density at radius 2 is 1.92 bits per heavy atom. The van der Waals surface area contributed by atoms with Gasteiger partial charge < -0.3 is 5.11 Å². The summed E-state index contributed by atoms with van der Waals surface area (Å²) in [5.41, 5.74) is 0.944. The van der Waals surface area contributed by atoms with Gasteiger partial charge in [-0.2, -0.15) is 0 Å². The molecule has 0 saturated heterocycles. The Morgan fingerprint density at radius 3 is 2.42 bits per heavy atom. The van der Waals surface area contributed by atoms with Gasteiger partial charge in [-0.3, -0.25) is 5.09 Å².